The maximum absolute atomic E-state index is 11.9. The van der Waals surface area contributed by atoms with Crippen LogP contribution in [0.1, 0.15) is 37.6 Å². The molecule has 0 aliphatic heterocycles. The molecule has 0 aromatic heterocycles. The van der Waals surface area contributed by atoms with E-state index in [9.17, 15) is 14.4 Å². The number of methoxy groups -OCH3 is 1. The fourth-order valence-electron chi connectivity index (χ4n) is 1.72. The third kappa shape index (κ3) is 6.68. The number of carbonyl (C=O) groups excluding carboxylic acids is 3. The molecular formula is C17H24N2O5. The van der Waals surface area contributed by atoms with E-state index in [1.165, 1.54) is 7.11 Å². The van der Waals surface area contributed by atoms with Crippen molar-refractivity contribution in [3.63, 3.8) is 0 Å². The molecule has 0 aliphatic carbocycles. The molecule has 0 atom stereocenters. The summed E-state index contributed by atoms with van der Waals surface area (Å²) in [5.74, 6) is -0.951. The lowest BCUT2D eigenvalue weighted by Gasteiger charge is -2.24. The lowest BCUT2D eigenvalue weighted by Crippen LogP contribution is -2.45. The van der Waals surface area contributed by atoms with Gasteiger partial charge in [0, 0.05) is 11.1 Å². The molecule has 0 heterocycles. The number of esters is 1. The van der Waals surface area contributed by atoms with Crippen LogP contribution in [0.25, 0.3) is 0 Å². The summed E-state index contributed by atoms with van der Waals surface area (Å²) >= 11 is 0. The molecule has 0 spiro atoms. The summed E-state index contributed by atoms with van der Waals surface area (Å²) in [6, 6.07) is 6.54. The molecule has 2 N–H and O–H groups in total. The van der Waals surface area contributed by atoms with Crippen molar-refractivity contribution < 1.29 is 23.9 Å². The van der Waals surface area contributed by atoms with Crippen molar-refractivity contribution in [1.82, 2.24) is 10.6 Å². The minimum atomic E-state index is -0.685. The number of nitrogens with one attached hydrogen (secondary N) is 2. The third-order valence-electron chi connectivity index (χ3n) is 3.45. The van der Waals surface area contributed by atoms with Crippen LogP contribution in [0, 0.1) is 0 Å². The second-order valence-electron chi connectivity index (χ2n) is 5.86. The monoisotopic (exact) mass is 336 g/mol. The van der Waals surface area contributed by atoms with Gasteiger partial charge in [-0.15, -0.1) is 0 Å². The Labute approximate surface area is 141 Å². The molecule has 0 aliphatic rings. The van der Waals surface area contributed by atoms with E-state index in [1.807, 2.05) is 20.8 Å². The molecule has 0 bridgehead atoms. The van der Waals surface area contributed by atoms with Gasteiger partial charge in [-0.05, 0) is 38.5 Å². The Kier molecular flexibility index (Phi) is 7.23. The van der Waals surface area contributed by atoms with Crippen LogP contribution in [0.5, 0.6) is 5.75 Å². The lowest BCUT2D eigenvalue weighted by molar-refractivity contribution is -0.148. The summed E-state index contributed by atoms with van der Waals surface area (Å²) in [6.45, 7) is 5.00. The Morgan fingerprint density at radius 3 is 2.54 bits per heavy atom. The van der Waals surface area contributed by atoms with Crippen molar-refractivity contribution in [2.45, 2.75) is 32.7 Å². The summed E-state index contributed by atoms with van der Waals surface area (Å²) in [6.07, 6.45) is 0.753. The number of hydrogen-bond donors (Lipinski definition) is 2. The van der Waals surface area contributed by atoms with Crippen molar-refractivity contribution in [3.05, 3.63) is 29.8 Å². The van der Waals surface area contributed by atoms with Crippen LogP contribution in [0.2, 0.25) is 0 Å². The molecule has 0 unspecified atom stereocenters. The topological polar surface area (TPSA) is 93.7 Å². The first-order valence-electron chi connectivity index (χ1n) is 7.66. The van der Waals surface area contributed by atoms with Gasteiger partial charge in [0.1, 0.15) is 12.3 Å². The minimum absolute atomic E-state index is 0.319. The van der Waals surface area contributed by atoms with Crippen molar-refractivity contribution in [3.8, 4) is 5.75 Å². The lowest BCUT2D eigenvalue weighted by atomic mass is 10.0. The van der Waals surface area contributed by atoms with Gasteiger partial charge in [-0.3, -0.25) is 14.4 Å². The molecule has 1 rings (SSSR count). The first-order valence-corrected chi connectivity index (χ1v) is 7.66. The Bertz CT molecular complexity index is 598. The average molecular weight is 336 g/mol. The van der Waals surface area contributed by atoms with Gasteiger partial charge < -0.3 is 20.1 Å². The van der Waals surface area contributed by atoms with Gasteiger partial charge in [0.25, 0.3) is 11.8 Å². The van der Waals surface area contributed by atoms with E-state index in [-0.39, 0.29) is 24.6 Å². The Morgan fingerprint density at radius 1 is 1.21 bits per heavy atom. The van der Waals surface area contributed by atoms with E-state index in [2.05, 4.69) is 10.6 Å². The van der Waals surface area contributed by atoms with E-state index in [4.69, 9.17) is 9.47 Å². The van der Waals surface area contributed by atoms with E-state index >= 15 is 0 Å². The number of carbonyl (C=O) groups is 3. The van der Waals surface area contributed by atoms with Gasteiger partial charge in [0.05, 0.1) is 7.11 Å². The number of benzene rings is 1. The maximum Gasteiger partial charge on any atom is 0.325 e. The van der Waals surface area contributed by atoms with Crippen molar-refractivity contribution in [2.24, 2.45) is 0 Å². The van der Waals surface area contributed by atoms with Crippen molar-refractivity contribution in [1.29, 1.82) is 0 Å². The average Bonchev–Trinajstić information content (AvgIpc) is 2.57. The van der Waals surface area contributed by atoms with E-state index in [1.54, 1.807) is 24.3 Å². The fourth-order valence-corrected chi connectivity index (χ4v) is 1.72. The molecule has 7 nitrogen and oxygen atoms in total. The summed E-state index contributed by atoms with van der Waals surface area (Å²) in [5, 5.41) is 5.18. The number of rotatable bonds is 8. The third-order valence-corrected chi connectivity index (χ3v) is 3.45. The molecule has 1 aromatic rings. The molecule has 0 fully saturated rings. The first kappa shape index (κ1) is 19.5. The quantitative estimate of drug-likeness (QED) is 0.697. The summed E-state index contributed by atoms with van der Waals surface area (Å²) in [7, 11) is 1.50. The molecule has 2 amide bonds. The molecule has 7 heteroatoms. The van der Waals surface area contributed by atoms with Crippen LogP contribution in [0.15, 0.2) is 24.3 Å². The Balaban J connectivity index is 2.38. The molecule has 0 saturated heterocycles. The largest absolute Gasteiger partial charge is 0.497 e. The second kappa shape index (κ2) is 8.90. The van der Waals surface area contributed by atoms with E-state index in [0.717, 1.165) is 6.42 Å². The highest BCUT2D eigenvalue weighted by Gasteiger charge is 2.18. The predicted octanol–water partition coefficient (Wildman–Crippen LogP) is 1.27. The van der Waals surface area contributed by atoms with Gasteiger partial charge in [0.15, 0.2) is 6.61 Å². The zero-order chi connectivity index (χ0) is 18.2. The van der Waals surface area contributed by atoms with Gasteiger partial charge in [-0.2, -0.15) is 0 Å². The highest BCUT2D eigenvalue weighted by Crippen LogP contribution is 2.12. The Morgan fingerprint density at radius 2 is 1.92 bits per heavy atom. The van der Waals surface area contributed by atoms with Crippen LogP contribution >= 0.6 is 0 Å². The Hall–Kier alpha value is -2.57. The van der Waals surface area contributed by atoms with Crippen LogP contribution in [-0.4, -0.2) is 43.6 Å². The minimum Gasteiger partial charge on any atom is -0.497 e. The smallest absolute Gasteiger partial charge is 0.325 e. The van der Waals surface area contributed by atoms with Crippen molar-refractivity contribution in [2.75, 3.05) is 20.3 Å². The number of hydrogen-bond acceptors (Lipinski definition) is 5. The summed E-state index contributed by atoms with van der Waals surface area (Å²) < 4.78 is 9.86. The SMILES string of the molecule is CCC(C)(C)NC(=O)COC(=O)CNC(=O)c1cccc(OC)c1. The standard InChI is InChI=1S/C17H24N2O5/c1-5-17(2,3)19-14(20)11-24-15(21)10-18-16(22)12-7-6-8-13(9-12)23-4/h6-9H,5,10-11H2,1-4H3,(H,18,22)(H,19,20). The molecule has 132 valence electrons. The van der Waals surface area contributed by atoms with Gasteiger partial charge in [-0.25, -0.2) is 0 Å². The van der Waals surface area contributed by atoms with E-state index < -0.39 is 11.9 Å². The first-order chi connectivity index (χ1) is 11.3. The number of amides is 2. The molecule has 1 aromatic carbocycles. The maximum atomic E-state index is 11.9. The summed E-state index contributed by atoms with van der Waals surface area (Å²) in [5.41, 5.74) is 0.00829. The van der Waals surface area contributed by atoms with Gasteiger partial charge >= 0.3 is 5.97 Å². The van der Waals surface area contributed by atoms with Gasteiger partial charge in [-0.1, -0.05) is 13.0 Å². The molecular weight excluding hydrogens is 312 g/mol. The normalized spacial score (nSPS) is 10.7. The molecule has 24 heavy (non-hydrogen) atoms. The fraction of sp³-hybridized carbons (Fsp3) is 0.471. The van der Waals surface area contributed by atoms with Crippen LogP contribution in [-0.2, 0) is 14.3 Å². The summed E-state index contributed by atoms with van der Waals surface area (Å²) in [4.78, 5) is 35.2. The zero-order valence-corrected chi connectivity index (χ0v) is 14.5. The molecule has 0 saturated carbocycles. The highest BCUT2D eigenvalue weighted by molar-refractivity contribution is 5.96. The number of ether oxygens (including phenoxy) is 2. The van der Waals surface area contributed by atoms with Crippen LogP contribution in [0.3, 0.4) is 0 Å². The van der Waals surface area contributed by atoms with Crippen molar-refractivity contribution >= 4 is 17.8 Å². The second-order valence-corrected chi connectivity index (χ2v) is 5.86. The highest BCUT2D eigenvalue weighted by atomic mass is 16.5. The van der Waals surface area contributed by atoms with Gasteiger partial charge in [0.2, 0.25) is 0 Å². The zero-order valence-electron chi connectivity index (χ0n) is 14.5. The van der Waals surface area contributed by atoms with E-state index in [0.29, 0.717) is 11.3 Å². The van der Waals surface area contributed by atoms with Crippen LogP contribution < -0.4 is 15.4 Å². The van der Waals surface area contributed by atoms with Crippen LogP contribution in [0.4, 0.5) is 0 Å². The molecule has 0 radical (unpaired) electrons. The predicted molar refractivity (Wildman–Crippen MR) is 88.8 cm³/mol.